The van der Waals surface area contributed by atoms with Gasteiger partial charge in [0.2, 0.25) is 0 Å². The monoisotopic (exact) mass is 546 g/mol. The molecule has 10 heteroatoms. The Bertz CT molecular complexity index is 1590. The molecule has 4 aromatic rings. The maximum Gasteiger partial charge on any atom is 0.297 e. The highest BCUT2D eigenvalue weighted by Gasteiger charge is 2.25. The number of benzene rings is 4. The topological polar surface area (TPSA) is 109 Å². The smallest absolute Gasteiger partial charge is 0.282 e. The van der Waals surface area contributed by atoms with Crippen molar-refractivity contribution < 1.29 is 34.7 Å². The SMILES string of the molecule is Cc1c(-c2ccccc2)c(C)c(S(=O)(=O)O)c(C)c1-c1ccccc1.O=S(=O)(O)c1ccc(F)cc1F. The third kappa shape index (κ3) is 6.28. The number of hydrogen-bond donors (Lipinski definition) is 2. The van der Waals surface area contributed by atoms with E-state index < -0.39 is 36.8 Å². The Morgan fingerprint density at radius 1 is 0.595 bits per heavy atom. The van der Waals surface area contributed by atoms with Crippen LogP contribution in [0.5, 0.6) is 0 Å². The summed E-state index contributed by atoms with van der Waals surface area (Å²) in [5.41, 5.74) is 5.70. The second-order valence-corrected chi connectivity index (χ2v) is 11.0. The minimum absolute atomic E-state index is 0.00388. The first-order valence-electron chi connectivity index (χ1n) is 10.9. The molecule has 0 heterocycles. The van der Waals surface area contributed by atoms with E-state index in [4.69, 9.17) is 4.55 Å². The molecule has 0 spiro atoms. The van der Waals surface area contributed by atoms with Gasteiger partial charge >= 0.3 is 0 Å². The Labute approximate surface area is 214 Å². The second-order valence-electron chi connectivity index (χ2n) is 8.21. The minimum Gasteiger partial charge on any atom is -0.282 e. The molecular weight excluding hydrogens is 522 g/mol. The van der Waals surface area contributed by atoms with E-state index in [1.807, 2.05) is 67.6 Å². The zero-order valence-corrected chi connectivity index (χ0v) is 21.7. The van der Waals surface area contributed by atoms with Crippen LogP contribution in [0.25, 0.3) is 22.3 Å². The molecule has 0 aliphatic rings. The third-order valence-corrected chi connectivity index (χ3v) is 7.75. The Morgan fingerprint density at radius 2 is 1.03 bits per heavy atom. The van der Waals surface area contributed by atoms with E-state index in [1.54, 1.807) is 13.8 Å². The quantitative estimate of drug-likeness (QED) is 0.287. The molecule has 194 valence electrons. The van der Waals surface area contributed by atoms with Crippen LogP contribution in [0.1, 0.15) is 16.7 Å². The van der Waals surface area contributed by atoms with E-state index in [9.17, 15) is 30.2 Å². The van der Waals surface area contributed by atoms with Crippen molar-refractivity contribution in [2.24, 2.45) is 0 Å². The van der Waals surface area contributed by atoms with Gasteiger partial charge in [-0.05, 0) is 71.8 Å². The van der Waals surface area contributed by atoms with E-state index in [2.05, 4.69) is 0 Å². The van der Waals surface area contributed by atoms with E-state index in [-0.39, 0.29) is 4.90 Å². The zero-order valence-electron chi connectivity index (χ0n) is 20.1. The van der Waals surface area contributed by atoms with Crippen molar-refractivity contribution in [1.29, 1.82) is 0 Å². The van der Waals surface area contributed by atoms with E-state index in [1.165, 1.54) is 0 Å². The summed E-state index contributed by atoms with van der Waals surface area (Å²) in [6, 6.07) is 21.1. The van der Waals surface area contributed by atoms with Crippen LogP contribution in [0.2, 0.25) is 0 Å². The average molecular weight is 547 g/mol. The fourth-order valence-corrected chi connectivity index (χ4v) is 5.87. The Morgan fingerprint density at radius 3 is 1.38 bits per heavy atom. The van der Waals surface area contributed by atoms with Crippen LogP contribution >= 0.6 is 0 Å². The van der Waals surface area contributed by atoms with Crippen LogP contribution in [-0.2, 0) is 20.2 Å². The highest BCUT2D eigenvalue weighted by atomic mass is 32.2. The molecule has 4 aromatic carbocycles. The van der Waals surface area contributed by atoms with Crippen LogP contribution in [0.3, 0.4) is 0 Å². The van der Waals surface area contributed by atoms with Gasteiger partial charge in [0.25, 0.3) is 20.2 Å². The zero-order chi connectivity index (χ0) is 27.5. The maximum absolute atomic E-state index is 12.6. The van der Waals surface area contributed by atoms with Gasteiger partial charge in [-0.1, -0.05) is 60.7 Å². The van der Waals surface area contributed by atoms with Gasteiger partial charge in [0.15, 0.2) is 0 Å². The molecule has 0 atom stereocenters. The van der Waals surface area contributed by atoms with Crippen LogP contribution in [0.4, 0.5) is 8.78 Å². The van der Waals surface area contributed by atoms with Crippen molar-refractivity contribution in [2.45, 2.75) is 30.6 Å². The summed E-state index contributed by atoms with van der Waals surface area (Å²) in [5, 5.41) is 0. The largest absolute Gasteiger partial charge is 0.297 e. The molecule has 6 nitrogen and oxygen atoms in total. The molecule has 2 N–H and O–H groups in total. The summed E-state index contributed by atoms with van der Waals surface area (Å²) in [5.74, 6) is -2.21. The predicted octanol–water partition coefficient (Wildman–Crippen LogP) is 6.40. The second kappa shape index (κ2) is 10.9. The molecule has 0 radical (unpaired) electrons. The van der Waals surface area contributed by atoms with Gasteiger partial charge in [-0.3, -0.25) is 9.11 Å². The van der Waals surface area contributed by atoms with Gasteiger partial charge in [0.05, 0.1) is 0 Å². The predicted molar refractivity (Wildman–Crippen MR) is 138 cm³/mol. The highest BCUT2D eigenvalue weighted by Crippen LogP contribution is 2.41. The molecule has 0 saturated heterocycles. The molecule has 37 heavy (non-hydrogen) atoms. The summed E-state index contributed by atoms with van der Waals surface area (Å²) in [7, 11) is -8.93. The van der Waals surface area contributed by atoms with E-state index >= 15 is 0 Å². The van der Waals surface area contributed by atoms with Crippen molar-refractivity contribution in [1.82, 2.24) is 0 Å². The Hall–Kier alpha value is -3.44. The first-order chi connectivity index (χ1) is 17.2. The van der Waals surface area contributed by atoms with Crippen molar-refractivity contribution in [2.75, 3.05) is 0 Å². The van der Waals surface area contributed by atoms with E-state index in [0.717, 1.165) is 33.9 Å². The lowest BCUT2D eigenvalue weighted by atomic mass is 9.86. The normalized spacial score (nSPS) is 11.5. The van der Waals surface area contributed by atoms with Crippen LogP contribution in [-0.4, -0.2) is 25.9 Å². The van der Waals surface area contributed by atoms with Gasteiger partial charge in [-0.15, -0.1) is 0 Å². The van der Waals surface area contributed by atoms with Crippen LogP contribution in [0.15, 0.2) is 88.7 Å². The minimum atomic E-state index is -4.59. The lowest BCUT2D eigenvalue weighted by molar-refractivity contribution is 0.471. The van der Waals surface area contributed by atoms with Crippen molar-refractivity contribution >= 4 is 20.2 Å². The van der Waals surface area contributed by atoms with Gasteiger partial charge in [-0.25, -0.2) is 8.78 Å². The van der Waals surface area contributed by atoms with Crippen molar-refractivity contribution in [3.63, 3.8) is 0 Å². The lowest BCUT2D eigenvalue weighted by Crippen LogP contribution is -2.08. The third-order valence-electron chi connectivity index (χ3n) is 5.74. The standard InChI is InChI=1S/C21H20O3S.C6H4F2O3S/c1-14-19(17-10-6-4-7-11-17)15(2)21(25(22,23)24)16(3)20(14)18-12-8-5-9-13-18;7-4-1-2-6(5(8)3-4)12(9,10)11/h4-13H,1-3H3,(H,22,23,24);1-3H,(H,9,10,11). The summed E-state index contributed by atoms with van der Waals surface area (Å²) in [6.45, 7) is 5.50. The van der Waals surface area contributed by atoms with Crippen LogP contribution < -0.4 is 0 Å². The number of hydrogen-bond acceptors (Lipinski definition) is 4. The molecule has 0 aromatic heterocycles. The van der Waals surface area contributed by atoms with Gasteiger partial charge in [0.1, 0.15) is 21.4 Å². The maximum atomic E-state index is 12.6. The molecule has 0 aliphatic carbocycles. The molecule has 0 bridgehead atoms. The molecule has 4 rings (SSSR count). The first kappa shape index (κ1) is 28.1. The van der Waals surface area contributed by atoms with E-state index in [0.29, 0.717) is 23.3 Å². The lowest BCUT2D eigenvalue weighted by Gasteiger charge is -2.21. The number of halogens is 2. The molecule has 0 amide bonds. The van der Waals surface area contributed by atoms with Gasteiger partial charge < -0.3 is 0 Å². The summed E-state index contributed by atoms with van der Waals surface area (Å²) >= 11 is 0. The van der Waals surface area contributed by atoms with Crippen LogP contribution in [0, 0.1) is 32.4 Å². The van der Waals surface area contributed by atoms with Crippen molar-refractivity contribution in [3.8, 4) is 22.3 Å². The average Bonchev–Trinajstić information content (AvgIpc) is 2.79. The summed E-state index contributed by atoms with van der Waals surface area (Å²) in [6.07, 6.45) is 0. The Balaban J connectivity index is 0.000000266. The highest BCUT2D eigenvalue weighted by molar-refractivity contribution is 7.86. The molecular formula is C27H24F2O6S2. The fraction of sp³-hybridized carbons (Fsp3) is 0.111. The molecule has 0 saturated carbocycles. The molecule has 0 unspecified atom stereocenters. The Kier molecular flexibility index (Phi) is 8.28. The fourth-order valence-electron chi connectivity index (χ4n) is 4.34. The molecule has 0 fully saturated rings. The molecule has 0 aliphatic heterocycles. The number of rotatable bonds is 4. The summed E-state index contributed by atoms with van der Waals surface area (Å²) < 4.78 is 87.9. The van der Waals surface area contributed by atoms with Gasteiger partial charge in [-0.2, -0.15) is 16.8 Å². The summed E-state index contributed by atoms with van der Waals surface area (Å²) in [4.78, 5) is -0.931. The first-order valence-corrected chi connectivity index (χ1v) is 13.8. The van der Waals surface area contributed by atoms with Gasteiger partial charge in [0, 0.05) is 6.07 Å². The van der Waals surface area contributed by atoms with Crippen molar-refractivity contribution in [3.05, 3.63) is 107 Å².